The molecule has 10 heteroatoms. The first-order chi connectivity index (χ1) is 21.3. The largest absolute Gasteiger partial charge is 0.493 e. The minimum atomic E-state index is -0.684. The molecule has 3 fully saturated rings. The third kappa shape index (κ3) is 7.12. The van der Waals surface area contributed by atoms with Gasteiger partial charge in [-0.3, -0.25) is 19.3 Å². The predicted molar refractivity (Wildman–Crippen MR) is 167 cm³/mol. The fourth-order valence-electron chi connectivity index (χ4n) is 7.32. The molecule has 3 amide bonds. The van der Waals surface area contributed by atoms with Gasteiger partial charge in [0.15, 0.2) is 11.5 Å². The highest BCUT2D eigenvalue weighted by Crippen LogP contribution is 2.42. The van der Waals surface area contributed by atoms with Crippen molar-refractivity contribution in [2.45, 2.75) is 70.1 Å². The lowest BCUT2D eigenvalue weighted by Crippen LogP contribution is -2.62. The minimum Gasteiger partial charge on any atom is -0.493 e. The van der Waals surface area contributed by atoms with Crippen LogP contribution in [0.2, 0.25) is 0 Å². The molecule has 2 bridgehead atoms. The number of ether oxygens (including phenoxy) is 3. The summed E-state index contributed by atoms with van der Waals surface area (Å²) >= 11 is 0. The van der Waals surface area contributed by atoms with Crippen LogP contribution in [0.3, 0.4) is 0 Å². The Bertz CT molecular complexity index is 1320. The number of carbonyl (C=O) groups is 3. The van der Waals surface area contributed by atoms with Crippen LogP contribution in [0.4, 0.5) is 0 Å². The molecule has 3 aliphatic heterocycles. The second kappa shape index (κ2) is 14.3. The number of benzene rings is 2. The monoisotopic (exact) mass is 606 g/mol. The molecule has 238 valence electrons. The van der Waals surface area contributed by atoms with Gasteiger partial charge in [-0.05, 0) is 62.5 Å². The van der Waals surface area contributed by atoms with Crippen LogP contribution < -0.4 is 24.8 Å². The number of fused-ring (bicyclic) bond motifs is 4. The lowest BCUT2D eigenvalue weighted by molar-refractivity contribution is -0.145. The summed E-state index contributed by atoms with van der Waals surface area (Å²) in [6.45, 7) is 4.78. The Morgan fingerprint density at radius 2 is 1.66 bits per heavy atom. The number of rotatable bonds is 8. The van der Waals surface area contributed by atoms with E-state index in [9.17, 15) is 14.4 Å². The Hall–Kier alpha value is -3.79. The van der Waals surface area contributed by atoms with Crippen LogP contribution in [-0.2, 0) is 27.3 Å². The Labute approximate surface area is 260 Å². The molecule has 5 rings (SSSR count). The summed E-state index contributed by atoms with van der Waals surface area (Å²) in [5, 5.41) is 5.89. The molecule has 44 heavy (non-hydrogen) atoms. The SMILES string of the molecule is COc1ccc(CN2C[C@@H]3C[C@H](C2)[C@@H]2CCCC(=O)N[C@@H](CCc4ccccc4)C(=O)N[C@H](C)C(=O)N2C3)c(OC)c1OC. The van der Waals surface area contributed by atoms with Crippen molar-refractivity contribution in [2.24, 2.45) is 11.8 Å². The van der Waals surface area contributed by atoms with Crippen molar-refractivity contribution in [1.29, 1.82) is 0 Å². The van der Waals surface area contributed by atoms with Crippen LogP contribution in [0.1, 0.15) is 50.2 Å². The van der Waals surface area contributed by atoms with Crippen LogP contribution in [0.5, 0.6) is 17.2 Å². The zero-order chi connectivity index (χ0) is 31.2. The first kappa shape index (κ1) is 31.6. The van der Waals surface area contributed by atoms with E-state index >= 15 is 0 Å². The summed E-state index contributed by atoms with van der Waals surface area (Å²) < 4.78 is 16.8. The topological polar surface area (TPSA) is 109 Å². The molecule has 0 aromatic heterocycles. The summed E-state index contributed by atoms with van der Waals surface area (Å²) in [4.78, 5) is 44.7. The number of nitrogens with one attached hydrogen (secondary N) is 2. The van der Waals surface area contributed by atoms with Crippen molar-refractivity contribution in [3.63, 3.8) is 0 Å². The summed E-state index contributed by atoms with van der Waals surface area (Å²) in [5.41, 5.74) is 2.12. The van der Waals surface area contributed by atoms with E-state index in [1.165, 1.54) is 0 Å². The maximum absolute atomic E-state index is 13.9. The van der Waals surface area contributed by atoms with E-state index in [0.29, 0.717) is 61.9 Å². The standard InChI is InChI=1S/C34H46N4O6/c1-22-34(41)38-19-24-17-26(21-37(18-24)20-25-14-16-29(42-2)32(44-4)31(25)43-3)28(38)11-8-12-30(39)36-27(33(40)35-22)15-13-23-9-6-5-7-10-23/h5-7,9-10,14,16,22,24,26-28H,8,11-13,15,17-21H2,1-4H3,(H,35,40)(H,36,39)/t22-,24+,26-,27+,28+/m1/s1. The van der Waals surface area contributed by atoms with Crippen LogP contribution in [0, 0.1) is 11.8 Å². The normalized spacial score (nSPS) is 26.4. The highest BCUT2D eigenvalue weighted by atomic mass is 16.5. The predicted octanol–water partition coefficient (Wildman–Crippen LogP) is 3.17. The average Bonchev–Trinajstić information content (AvgIpc) is 3.03. The molecule has 0 radical (unpaired) electrons. The average molecular weight is 607 g/mol. The van der Waals surface area contributed by atoms with Gasteiger partial charge in [-0.15, -0.1) is 0 Å². The van der Waals surface area contributed by atoms with E-state index in [4.69, 9.17) is 14.2 Å². The fourth-order valence-corrected chi connectivity index (χ4v) is 7.32. The number of hydrogen-bond donors (Lipinski definition) is 2. The number of hydrogen-bond acceptors (Lipinski definition) is 7. The molecule has 10 nitrogen and oxygen atoms in total. The molecule has 2 N–H and O–H groups in total. The Kier molecular flexibility index (Phi) is 10.3. The smallest absolute Gasteiger partial charge is 0.245 e. The first-order valence-corrected chi connectivity index (χ1v) is 15.8. The van der Waals surface area contributed by atoms with Crippen molar-refractivity contribution >= 4 is 17.7 Å². The zero-order valence-corrected chi connectivity index (χ0v) is 26.3. The molecule has 2 aromatic rings. The van der Waals surface area contributed by atoms with Crippen molar-refractivity contribution < 1.29 is 28.6 Å². The second-order valence-electron chi connectivity index (χ2n) is 12.4. The van der Waals surface area contributed by atoms with Gasteiger partial charge in [0.05, 0.1) is 21.3 Å². The van der Waals surface area contributed by atoms with Gasteiger partial charge in [0, 0.05) is 44.2 Å². The molecule has 0 unspecified atom stereocenters. The highest BCUT2D eigenvalue weighted by molar-refractivity contribution is 5.92. The fraction of sp³-hybridized carbons (Fsp3) is 0.559. The summed E-state index contributed by atoms with van der Waals surface area (Å²) in [7, 11) is 4.86. The van der Waals surface area contributed by atoms with Crippen LogP contribution in [0.15, 0.2) is 42.5 Å². The van der Waals surface area contributed by atoms with Crippen molar-refractivity contribution in [3.05, 3.63) is 53.6 Å². The molecule has 3 heterocycles. The lowest BCUT2D eigenvalue weighted by atomic mass is 9.77. The number of amides is 3. The number of nitrogens with zero attached hydrogens (tertiary/aromatic N) is 2. The molecular formula is C34H46N4O6. The van der Waals surface area contributed by atoms with Gasteiger partial charge < -0.3 is 29.7 Å². The molecular weight excluding hydrogens is 560 g/mol. The van der Waals surface area contributed by atoms with Crippen LogP contribution in [-0.4, -0.2) is 86.6 Å². The Balaban J connectivity index is 1.29. The van der Waals surface area contributed by atoms with E-state index in [1.807, 2.05) is 47.4 Å². The summed E-state index contributed by atoms with van der Waals surface area (Å²) in [5.74, 6) is 1.99. The van der Waals surface area contributed by atoms with Gasteiger partial charge in [0.25, 0.3) is 0 Å². The quantitative estimate of drug-likeness (QED) is 0.475. The van der Waals surface area contributed by atoms with Crippen molar-refractivity contribution in [2.75, 3.05) is 41.0 Å². The number of piperidine rings is 2. The zero-order valence-electron chi connectivity index (χ0n) is 26.3. The lowest BCUT2D eigenvalue weighted by Gasteiger charge is -2.51. The summed E-state index contributed by atoms with van der Waals surface area (Å²) in [6, 6.07) is 12.5. The molecule has 5 atom stereocenters. The van der Waals surface area contributed by atoms with Gasteiger partial charge >= 0.3 is 0 Å². The van der Waals surface area contributed by atoms with Crippen molar-refractivity contribution in [1.82, 2.24) is 20.4 Å². The van der Waals surface area contributed by atoms with Crippen LogP contribution in [0.25, 0.3) is 0 Å². The second-order valence-corrected chi connectivity index (χ2v) is 12.4. The molecule has 0 spiro atoms. The molecule has 0 saturated carbocycles. The van der Waals surface area contributed by atoms with Gasteiger partial charge in [-0.25, -0.2) is 0 Å². The molecule has 2 aromatic carbocycles. The first-order valence-electron chi connectivity index (χ1n) is 15.8. The molecule has 3 saturated heterocycles. The number of likely N-dealkylation sites (tertiary alicyclic amines) is 1. The van der Waals surface area contributed by atoms with E-state index in [1.54, 1.807) is 28.3 Å². The van der Waals surface area contributed by atoms with Gasteiger partial charge in [0.1, 0.15) is 12.1 Å². The molecule has 3 aliphatic rings. The number of carbonyl (C=O) groups excluding carboxylic acids is 3. The van der Waals surface area contributed by atoms with E-state index < -0.39 is 12.1 Å². The minimum absolute atomic E-state index is 0.00862. The van der Waals surface area contributed by atoms with Gasteiger partial charge in [-0.2, -0.15) is 0 Å². The third-order valence-corrected chi connectivity index (χ3v) is 9.36. The van der Waals surface area contributed by atoms with E-state index in [-0.39, 0.29) is 29.7 Å². The Morgan fingerprint density at radius 3 is 2.39 bits per heavy atom. The number of aryl methyl sites for hydroxylation is 1. The number of methoxy groups -OCH3 is 3. The van der Waals surface area contributed by atoms with Crippen molar-refractivity contribution in [3.8, 4) is 17.2 Å². The van der Waals surface area contributed by atoms with Crippen LogP contribution >= 0.6 is 0 Å². The van der Waals surface area contributed by atoms with E-state index in [2.05, 4.69) is 15.5 Å². The molecule has 0 aliphatic carbocycles. The highest BCUT2D eigenvalue weighted by Gasteiger charge is 2.44. The Morgan fingerprint density at radius 1 is 0.886 bits per heavy atom. The summed E-state index contributed by atoms with van der Waals surface area (Å²) in [6.07, 6.45) is 3.91. The van der Waals surface area contributed by atoms with E-state index in [0.717, 1.165) is 37.1 Å². The van der Waals surface area contributed by atoms with Gasteiger partial charge in [0.2, 0.25) is 23.5 Å². The maximum atomic E-state index is 13.9. The third-order valence-electron chi connectivity index (χ3n) is 9.36. The maximum Gasteiger partial charge on any atom is 0.245 e. The van der Waals surface area contributed by atoms with Gasteiger partial charge in [-0.1, -0.05) is 36.4 Å².